The highest BCUT2D eigenvalue weighted by Crippen LogP contribution is 2.58. The summed E-state index contributed by atoms with van der Waals surface area (Å²) in [5, 5.41) is 8.22. The number of nitrogens with one attached hydrogen (secondary N) is 1. The molecule has 5 rings (SSSR count). The standard InChI is InChI=1S/C17H22IN3/c18-14-3-1-2-4-15(14)21(16(19)20)17-8-11-5-12(9-17)7-13(6-11)10-17/h1-4,11-13H,5-10H2,(H3,19,20). The Bertz CT molecular complexity index is 548. The summed E-state index contributed by atoms with van der Waals surface area (Å²) in [6.07, 6.45) is 7.92. The maximum absolute atomic E-state index is 8.22. The topological polar surface area (TPSA) is 53.1 Å². The van der Waals surface area contributed by atoms with Crippen molar-refractivity contribution in [3.63, 3.8) is 0 Å². The molecule has 21 heavy (non-hydrogen) atoms. The van der Waals surface area contributed by atoms with Crippen molar-refractivity contribution in [2.45, 2.75) is 44.1 Å². The molecule has 0 saturated heterocycles. The van der Waals surface area contributed by atoms with Crippen LogP contribution in [0.3, 0.4) is 0 Å². The molecule has 4 fully saturated rings. The first-order valence-corrected chi connectivity index (χ1v) is 9.04. The number of nitrogens with two attached hydrogens (primary N) is 1. The highest BCUT2D eigenvalue weighted by atomic mass is 127. The van der Waals surface area contributed by atoms with Gasteiger partial charge in [0, 0.05) is 9.11 Å². The molecule has 0 unspecified atom stereocenters. The normalized spacial score (nSPS) is 36.7. The molecule has 0 atom stereocenters. The van der Waals surface area contributed by atoms with E-state index in [1.54, 1.807) is 0 Å². The lowest BCUT2D eigenvalue weighted by molar-refractivity contribution is 0.00163. The predicted molar refractivity (Wildman–Crippen MR) is 94.5 cm³/mol. The number of anilines is 1. The quantitative estimate of drug-likeness (QED) is 0.453. The monoisotopic (exact) mass is 395 g/mol. The SMILES string of the molecule is N=C(N)N(c1ccccc1I)C12CC3CC(CC(C3)C1)C2. The second kappa shape index (κ2) is 4.86. The molecule has 0 spiro atoms. The Kier molecular flexibility index (Phi) is 3.21. The van der Waals surface area contributed by atoms with E-state index >= 15 is 0 Å². The van der Waals surface area contributed by atoms with E-state index in [1.165, 1.54) is 42.1 Å². The zero-order chi connectivity index (χ0) is 14.6. The summed E-state index contributed by atoms with van der Waals surface area (Å²) in [4.78, 5) is 2.18. The highest BCUT2D eigenvalue weighted by molar-refractivity contribution is 14.1. The Morgan fingerprint density at radius 3 is 2.10 bits per heavy atom. The minimum Gasteiger partial charge on any atom is -0.370 e. The van der Waals surface area contributed by atoms with Gasteiger partial charge < -0.3 is 10.6 Å². The summed E-state index contributed by atoms with van der Waals surface area (Å²) in [5.74, 6) is 2.81. The van der Waals surface area contributed by atoms with Gasteiger partial charge in [-0.15, -0.1) is 0 Å². The Labute approximate surface area is 139 Å². The van der Waals surface area contributed by atoms with E-state index < -0.39 is 0 Å². The first-order valence-electron chi connectivity index (χ1n) is 7.96. The lowest BCUT2D eigenvalue weighted by Crippen LogP contribution is -2.63. The Morgan fingerprint density at radius 2 is 1.62 bits per heavy atom. The Hall–Kier alpha value is -0.780. The zero-order valence-electron chi connectivity index (χ0n) is 12.2. The predicted octanol–water partition coefficient (Wildman–Crippen LogP) is 3.96. The van der Waals surface area contributed by atoms with Crippen LogP contribution >= 0.6 is 22.6 Å². The number of hydrogen-bond donors (Lipinski definition) is 2. The van der Waals surface area contributed by atoms with Crippen LogP contribution in [0.5, 0.6) is 0 Å². The molecule has 0 radical (unpaired) electrons. The number of halogens is 1. The van der Waals surface area contributed by atoms with E-state index in [0.29, 0.717) is 0 Å². The number of hydrogen-bond acceptors (Lipinski definition) is 1. The number of guanidine groups is 1. The van der Waals surface area contributed by atoms with Crippen molar-refractivity contribution in [3.8, 4) is 0 Å². The highest BCUT2D eigenvalue weighted by Gasteiger charge is 2.54. The maximum atomic E-state index is 8.22. The molecule has 4 heteroatoms. The van der Waals surface area contributed by atoms with Crippen molar-refractivity contribution in [3.05, 3.63) is 27.8 Å². The van der Waals surface area contributed by atoms with E-state index in [0.717, 1.165) is 23.4 Å². The molecule has 4 saturated carbocycles. The van der Waals surface area contributed by atoms with E-state index in [1.807, 2.05) is 0 Å². The lowest BCUT2D eigenvalue weighted by atomic mass is 9.52. The van der Waals surface area contributed by atoms with Gasteiger partial charge in [-0.25, -0.2) is 0 Å². The van der Waals surface area contributed by atoms with Gasteiger partial charge >= 0.3 is 0 Å². The van der Waals surface area contributed by atoms with Gasteiger partial charge in [-0.1, -0.05) is 12.1 Å². The van der Waals surface area contributed by atoms with Gasteiger partial charge in [0.1, 0.15) is 0 Å². The third kappa shape index (κ3) is 2.17. The van der Waals surface area contributed by atoms with Crippen LogP contribution < -0.4 is 10.6 Å². The molecule has 1 aromatic carbocycles. The second-order valence-electron chi connectivity index (χ2n) is 7.31. The smallest absolute Gasteiger partial charge is 0.193 e. The van der Waals surface area contributed by atoms with Gasteiger partial charge in [0.2, 0.25) is 0 Å². The number of benzene rings is 1. The largest absolute Gasteiger partial charge is 0.370 e. The maximum Gasteiger partial charge on any atom is 0.193 e. The fourth-order valence-corrected chi connectivity index (χ4v) is 6.24. The van der Waals surface area contributed by atoms with Crippen molar-refractivity contribution < 1.29 is 0 Å². The first kappa shape index (κ1) is 13.9. The zero-order valence-corrected chi connectivity index (χ0v) is 14.3. The fraction of sp³-hybridized carbons (Fsp3) is 0.588. The van der Waals surface area contributed by atoms with Gasteiger partial charge in [-0.2, -0.15) is 0 Å². The third-order valence-electron chi connectivity index (χ3n) is 5.81. The summed E-state index contributed by atoms with van der Waals surface area (Å²) in [7, 11) is 0. The number of nitrogens with zero attached hydrogens (tertiary/aromatic N) is 1. The van der Waals surface area contributed by atoms with Gasteiger partial charge in [-0.05, 0) is 91.0 Å². The molecule has 0 aromatic heterocycles. The minimum absolute atomic E-state index is 0.113. The van der Waals surface area contributed by atoms with Crippen LogP contribution in [0, 0.1) is 26.7 Å². The van der Waals surface area contributed by atoms with E-state index in [-0.39, 0.29) is 11.5 Å². The number of para-hydroxylation sites is 1. The van der Waals surface area contributed by atoms with Crippen LogP contribution in [0.15, 0.2) is 24.3 Å². The van der Waals surface area contributed by atoms with Crippen LogP contribution in [-0.4, -0.2) is 11.5 Å². The summed E-state index contributed by atoms with van der Waals surface area (Å²) in [6, 6.07) is 8.37. The second-order valence-corrected chi connectivity index (χ2v) is 8.48. The number of rotatable bonds is 2. The van der Waals surface area contributed by atoms with E-state index in [9.17, 15) is 0 Å². The molecule has 0 aliphatic heterocycles. The average molecular weight is 395 g/mol. The van der Waals surface area contributed by atoms with Crippen molar-refractivity contribution in [1.82, 2.24) is 0 Å². The molecule has 0 amide bonds. The van der Waals surface area contributed by atoms with Crippen LogP contribution in [-0.2, 0) is 0 Å². The van der Waals surface area contributed by atoms with Crippen LogP contribution in [0.2, 0.25) is 0 Å². The van der Waals surface area contributed by atoms with Crippen molar-refractivity contribution in [2.24, 2.45) is 23.5 Å². The van der Waals surface area contributed by atoms with Gasteiger partial charge in [0.15, 0.2) is 5.96 Å². The summed E-state index contributed by atoms with van der Waals surface area (Å²) in [6.45, 7) is 0. The summed E-state index contributed by atoms with van der Waals surface area (Å²) in [5.41, 5.74) is 7.31. The van der Waals surface area contributed by atoms with Crippen molar-refractivity contribution in [1.29, 1.82) is 5.41 Å². The van der Waals surface area contributed by atoms with Gasteiger partial charge in [0.05, 0.1) is 5.69 Å². The van der Waals surface area contributed by atoms with E-state index in [2.05, 4.69) is 51.8 Å². The first-order chi connectivity index (χ1) is 10.1. The fourth-order valence-electron chi connectivity index (χ4n) is 5.61. The Balaban J connectivity index is 1.78. The minimum atomic E-state index is 0.113. The summed E-state index contributed by atoms with van der Waals surface area (Å²) >= 11 is 2.37. The molecule has 112 valence electrons. The molecule has 4 bridgehead atoms. The molecule has 1 aromatic rings. The third-order valence-corrected chi connectivity index (χ3v) is 6.73. The Morgan fingerprint density at radius 1 is 1.10 bits per heavy atom. The van der Waals surface area contributed by atoms with Gasteiger partial charge in [-0.3, -0.25) is 5.41 Å². The summed E-state index contributed by atoms with van der Waals surface area (Å²) < 4.78 is 1.20. The molecule has 4 aliphatic carbocycles. The molecule has 4 aliphatic rings. The van der Waals surface area contributed by atoms with Crippen molar-refractivity contribution in [2.75, 3.05) is 4.90 Å². The van der Waals surface area contributed by atoms with Crippen LogP contribution in [0.1, 0.15) is 38.5 Å². The van der Waals surface area contributed by atoms with Crippen molar-refractivity contribution >= 4 is 34.2 Å². The lowest BCUT2D eigenvalue weighted by Gasteiger charge is -2.60. The molecule has 3 N–H and O–H groups in total. The van der Waals surface area contributed by atoms with Crippen LogP contribution in [0.25, 0.3) is 0 Å². The molecule has 0 heterocycles. The van der Waals surface area contributed by atoms with Gasteiger partial charge in [0.25, 0.3) is 0 Å². The molecule has 3 nitrogen and oxygen atoms in total. The molecular formula is C17H22IN3. The van der Waals surface area contributed by atoms with Crippen LogP contribution in [0.4, 0.5) is 5.69 Å². The van der Waals surface area contributed by atoms with E-state index in [4.69, 9.17) is 11.1 Å². The molecular weight excluding hydrogens is 373 g/mol. The average Bonchev–Trinajstić information content (AvgIpc) is 2.39.